The van der Waals surface area contributed by atoms with Gasteiger partial charge in [0.25, 0.3) is 5.91 Å². The van der Waals surface area contributed by atoms with E-state index in [1.54, 1.807) is 19.1 Å². The molecule has 0 aliphatic carbocycles. The van der Waals surface area contributed by atoms with Crippen LogP contribution < -0.4 is 10.1 Å². The van der Waals surface area contributed by atoms with Crippen LogP contribution in [-0.4, -0.2) is 51.0 Å². The number of sulfonamides is 1. The second-order valence-electron chi connectivity index (χ2n) is 7.01. The normalized spacial score (nSPS) is 16.2. The molecule has 1 amide bonds. The van der Waals surface area contributed by atoms with Crippen molar-refractivity contribution in [2.45, 2.75) is 31.8 Å². The number of ether oxygens (including phenoxy) is 2. The highest BCUT2D eigenvalue weighted by molar-refractivity contribution is 7.89. The van der Waals surface area contributed by atoms with Crippen LogP contribution in [0.25, 0.3) is 0 Å². The summed E-state index contributed by atoms with van der Waals surface area (Å²) in [7, 11) is -3.56. The van der Waals surface area contributed by atoms with Crippen molar-refractivity contribution < 1.29 is 22.7 Å². The van der Waals surface area contributed by atoms with Crippen LogP contribution in [0.5, 0.6) is 5.75 Å². The van der Waals surface area contributed by atoms with Crippen molar-refractivity contribution in [2.75, 3.05) is 31.6 Å². The SMILES string of the molecule is Cc1cccc(C)c1OC(C)C(=O)Nc1ccc(S(=O)(=O)N2CCOCC2)cc1. The highest BCUT2D eigenvalue weighted by Crippen LogP contribution is 2.24. The first-order valence-corrected chi connectivity index (χ1v) is 10.9. The first kappa shape index (κ1) is 21.3. The van der Waals surface area contributed by atoms with Gasteiger partial charge in [0.2, 0.25) is 10.0 Å². The Bertz CT molecular complexity index is 947. The molecule has 29 heavy (non-hydrogen) atoms. The largest absolute Gasteiger partial charge is 0.480 e. The van der Waals surface area contributed by atoms with E-state index in [0.717, 1.165) is 11.1 Å². The second kappa shape index (κ2) is 8.94. The predicted molar refractivity (Wildman–Crippen MR) is 111 cm³/mol. The zero-order valence-electron chi connectivity index (χ0n) is 16.8. The minimum atomic E-state index is -3.56. The Morgan fingerprint density at radius 2 is 1.66 bits per heavy atom. The summed E-state index contributed by atoms with van der Waals surface area (Å²) in [5.74, 6) is 0.388. The molecule has 7 nitrogen and oxygen atoms in total. The van der Waals surface area contributed by atoms with E-state index in [0.29, 0.717) is 37.7 Å². The summed E-state index contributed by atoms with van der Waals surface area (Å²) < 4.78 is 37.8. The molecule has 156 valence electrons. The molecule has 0 bridgehead atoms. The van der Waals surface area contributed by atoms with Crippen LogP contribution in [0.4, 0.5) is 5.69 Å². The summed E-state index contributed by atoms with van der Waals surface area (Å²) in [6, 6.07) is 12.0. The topological polar surface area (TPSA) is 84.9 Å². The number of nitrogens with one attached hydrogen (secondary N) is 1. The number of hydrogen-bond acceptors (Lipinski definition) is 5. The van der Waals surface area contributed by atoms with Crippen LogP contribution in [0.2, 0.25) is 0 Å². The Kier molecular flexibility index (Phi) is 6.56. The molecule has 1 N–H and O–H groups in total. The maximum Gasteiger partial charge on any atom is 0.265 e. The maximum atomic E-state index is 12.7. The van der Waals surface area contributed by atoms with E-state index >= 15 is 0 Å². The van der Waals surface area contributed by atoms with Crippen molar-refractivity contribution in [3.05, 3.63) is 53.6 Å². The monoisotopic (exact) mass is 418 g/mol. The first-order chi connectivity index (χ1) is 13.8. The van der Waals surface area contributed by atoms with E-state index in [9.17, 15) is 13.2 Å². The van der Waals surface area contributed by atoms with E-state index in [1.807, 2.05) is 32.0 Å². The number of amides is 1. The summed E-state index contributed by atoms with van der Waals surface area (Å²) in [6.45, 7) is 7.01. The highest BCUT2D eigenvalue weighted by Gasteiger charge is 2.26. The van der Waals surface area contributed by atoms with E-state index in [1.165, 1.54) is 16.4 Å². The molecule has 3 rings (SSSR count). The fourth-order valence-corrected chi connectivity index (χ4v) is 4.51. The molecule has 1 atom stereocenters. The van der Waals surface area contributed by atoms with Crippen molar-refractivity contribution in [3.63, 3.8) is 0 Å². The average Bonchev–Trinajstić information content (AvgIpc) is 2.71. The van der Waals surface area contributed by atoms with Crippen LogP contribution >= 0.6 is 0 Å². The van der Waals surface area contributed by atoms with Gasteiger partial charge in [-0.3, -0.25) is 4.79 Å². The third kappa shape index (κ3) is 4.95. The molecular weight excluding hydrogens is 392 g/mol. The number of benzene rings is 2. The van der Waals surface area contributed by atoms with Crippen molar-refractivity contribution in [1.82, 2.24) is 4.31 Å². The number of hydrogen-bond donors (Lipinski definition) is 1. The van der Waals surface area contributed by atoms with Gasteiger partial charge in [0.1, 0.15) is 5.75 Å². The van der Waals surface area contributed by atoms with Crippen LogP contribution in [0, 0.1) is 13.8 Å². The quantitative estimate of drug-likeness (QED) is 0.780. The van der Waals surface area contributed by atoms with E-state index < -0.39 is 16.1 Å². The summed E-state index contributed by atoms with van der Waals surface area (Å²) in [4.78, 5) is 12.7. The first-order valence-electron chi connectivity index (χ1n) is 9.51. The minimum absolute atomic E-state index is 0.192. The molecular formula is C21H26N2O5S. The third-order valence-electron chi connectivity index (χ3n) is 4.80. The molecule has 1 unspecified atom stereocenters. The zero-order valence-corrected chi connectivity index (χ0v) is 17.7. The number of carbonyl (C=O) groups excluding carboxylic acids is 1. The molecule has 0 radical (unpaired) electrons. The van der Waals surface area contributed by atoms with Gasteiger partial charge in [-0.25, -0.2) is 8.42 Å². The second-order valence-corrected chi connectivity index (χ2v) is 8.95. The number of para-hydroxylation sites is 1. The maximum absolute atomic E-state index is 12.7. The van der Waals surface area contributed by atoms with Gasteiger partial charge in [0.15, 0.2) is 6.10 Å². The fourth-order valence-electron chi connectivity index (χ4n) is 3.11. The van der Waals surface area contributed by atoms with Gasteiger partial charge >= 0.3 is 0 Å². The van der Waals surface area contributed by atoms with Gasteiger partial charge in [0, 0.05) is 18.8 Å². The van der Waals surface area contributed by atoms with Gasteiger partial charge in [-0.15, -0.1) is 0 Å². The Balaban J connectivity index is 1.65. The Morgan fingerprint density at radius 3 is 2.24 bits per heavy atom. The van der Waals surface area contributed by atoms with E-state index in [4.69, 9.17) is 9.47 Å². The van der Waals surface area contributed by atoms with Gasteiger partial charge in [-0.2, -0.15) is 4.31 Å². The molecule has 1 saturated heterocycles. The summed E-state index contributed by atoms with van der Waals surface area (Å²) in [5.41, 5.74) is 2.43. The molecule has 2 aromatic carbocycles. The summed E-state index contributed by atoms with van der Waals surface area (Å²) in [5, 5.41) is 2.77. The molecule has 0 saturated carbocycles. The number of aryl methyl sites for hydroxylation is 2. The molecule has 1 aliphatic heterocycles. The zero-order chi connectivity index (χ0) is 21.0. The van der Waals surface area contributed by atoms with Crippen molar-refractivity contribution >= 4 is 21.6 Å². The number of carbonyl (C=O) groups is 1. The van der Waals surface area contributed by atoms with Crippen LogP contribution in [-0.2, 0) is 19.6 Å². The summed E-state index contributed by atoms with van der Waals surface area (Å²) in [6.07, 6.45) is -0.702. The highest BCUT2D eigenvalue weighted by atomic mass is 32.2. The van der Waals surface area contributed by atoms with Gasteiger partial charge in [-0.1, -0.05) is 18.2 Å². The number of morpholine rings is 1. The van der Waals surface area contributed by atoms with Crippen molar-refractivity contribution in [1.29, 1.82) is 0 Å². The minimum Gasteiger partial charge on any atom is -0.480 e. The smallest absolute Gasteiger partial charge is 0.265 e. The Morgan fingerprint density at radius 1 is 1.07 bits per heavy atom. The molecule has 0 aromatic heterocycles. The van der Waals surface area contributed by atoms with Crippen LogP contribution in [0.15, 0.2) is 47.4 Å². The molecule has 0 spiro atoms. The molecule has 8 heteroatoms. The van der Waals surface area contributed by atoms with Crippen LogP contribution in [0.1, 0.15) is 18.1 Å². The fraction of sp³-hybridized carbons (Fsp3) is 0.381. The Labute approximate surface area is 171 Å². The molecule has 2 aromatic rings. The van der Waals surface area contributed by atoms with Gasteiger partial charge in [-0.05, 0) is 56.2 Å². The van der Waals surface area contributed by atoms with Crippen molar-refractivity contribution in [3.8, 4) is 5.75 Å². The van der Waals surface area contributed by atoms with E-state index in [-0.39, 0.29) is 10.8 Å². The molecule has 1 fully saturated rings. The predicted octanol–water partition coefficient (Wildman–Crippen LogP) is 2.73. The van der Waals surface area contributed by atoms with Crippen molar-refractivity contribution in [2.24, 2.45) is 0 Å². The lowest BCUT2D eigenvalue weighted by Gasteiger charge is -2.26. The van der Waals surface area contributed by atoms with Gasteiger partial charge in [0.05, 0.1) is 18.1 Å². The lowest BCUT2D eigenvalue weighted by molar-refractivity contribution is -0.122. The van der Waals surface area contributed by atoms with E-state index in [2.05, 4.69) is 5.32 Å². The molecule has 1 heterocycles. The number of rotatable bonds is 6. The lowest BCUT2D eigenvalue weighted by atomic mass is 10.1. The number of nitrogens with zero attached hydrogens (tertiary/aromatic N) is 1. The number of anilines is 1. The summed E-state index contributed by atoms with van der Waals surface area (Å²) >= 11 is 0. The third-order valence-corrected chi connectivity index (χ3v) is 6.72. The molecule has 1 aliphatic rings. The van der Waals surface area contributed by atoms with Gasteiger partial charge < -0.3 is 14.8 Å². The Hall–Kier alpha value is -2.42. The lowest BCUT2D eigenvalue weighted by Crippen LogP contribution is -2.40. The van der Waals surface area contributed by atoms with Crippen LogP contribution in [0.3, 0.4) is 0 Å². The standard InChI is InChI=1S/C21H26N2O5S/c1-15-5-4-6-16(2)20(15)28-17(3)21(24)22-18-7-9-19(10-8-18)29(25,26)23-11-13-27-14-12-23/h4-10,17H,11-14H2,1-3H3,(H,22,24). The average molecular weight is 419 g/mol.